The van der Waals surface area contributed by atoms with Crippen LogP contribution in [-0.4, -0.2) is 54.1 Å². The normalized spacial score (nSPS) is 23.5. The molecule has 0 bridgehead atoms. The van der Waals surface area contributed by atoms with Crippen LogP contribution in [0.5, 0.6) is 0 Å². The van der Waals surface area contributed by atoms with Crippen molar-refractivity contribution in [3.63, 3.8) is 0 Å². The zero-order valence-corrected chi connectivity index (χ0v) is 14.9. The Bertz CT molecular complexity index is 491. The van der Waals surface area contributed by atoms with Crippen molar-refractivity contribution >= 4 is 5.91 Å². The molecule has 1 amide bonds. The van der Waals surface area contributed by atoms with Crippen LogP contribution in [0.4, 0.5) is 0 Å². The Labute approximate surface area is 140 Å². The molecule has 1 aromatic rings. The third-order valence-corrected chi connectivity index (χ3v) is 4.87. The smallest absolute Gasteiger partial charge is 0.251 e. The van der Waals surface area contributed by atoms with Crippen LogP contribution in [0, 0.1) is 0 Å². The van der Waals surface area contributed by atoms with Gasteiger partial charge in [0.2, 0.25) is 0 Å². The number of ether oxygens (including phenoxy) is 1. The van der Waals surface area contributed by atoms with E-state index >= 15 is 0 Å². The van der Waals surface area contributed by atoms with Crippen LogP contribution in [0.2, 0.25) is 0 Å². The lowest BCUT2D eigenvalue weighted by molar-refractivity contribution is -0.144. The van der Waals surface area contributed by atoms with E-state index in [-0.39, 0.29) is 12.0 Å². The minimum Gasteiger partial charge on any atom is -0.369 e. The molecular formula is C19H30N2O2. The lowest BCUT2D eigenvalue weighted by Crippen LogP contribution is -2.51. The number of rotatable bonds is 6. The lowest BCUT2D eigenvalue weighted by atomic mass is 9.96. The van der Waals surface area contributed by atoms with E-state index in [9.17, 15) is 4.79 Å². The van der Waals surface area contributed by atoms with E-state index in [1.165, 1.54) is 5.56 Å². The van der Waals surface area contributed by atoms with Gasteiger partial charge in [-0.3, -0.25) is 9.69 Å². The summed E-state index contributed by atoms with van der Waals surface area (Å²) < 4.78 is 5.44. The van der Waals surface area contributed by atoms with Crippen molar-refractivity contribution in [3.8, 4) is 0 Å². The Balaban J connectivity index is 1.89. The average molecular weight is 318 g/mol. The second-order valence-electron chi connectivity index (χ2n) is 6.53. The minimum absolute atomic E-state index is 0.0977. The van der Waals surface area contributed by atoms with Gasteiger partial charge in [0.15, 0.2) is 0 Å². The topological polar surface area (TPSA) is 32.8 Å². The molecule has 128 valence electrons. The molecule has 0 N–H and O–H groups in total. The highest BCUT2D eigenvalue weighted by Gasteiger charge is 2.31. The van der Waals surface area contributed by atoms with Crippen LogP contribution in [-0.2, 0) is 16.1 Å². The first-order chi connectivity index (χ1) is 11.0. The van der Waals surface area contributed by atoms with Gasteiger partial charge in [0.05, 0.1) is 0 Å². The van der Waals surface area contributed by atoms with Crippen LogP contribution in [0.25, 0.3) is 0 Å². The molecule has 1 aliphatic rings. The van der Waals surface area contributed by atoms with Crippen molar-refractivity contribution in [1.29, 1.82) is 0 Å². The first-order valence-electron chi connectivity index (χ1n) is 8.69. The molecule has 1 fully saturated rings. The lowest BCUT2D eigenvalue weighted by Gasteiger charge is -2.41. The maximum Gasteiger partial charge on any atom is 0.251 e. The molecule has 1 saturated heterocycles. The molecule has 0 spiro atoms. The van der Waals surface area contributed by atoms with Gasteiger partial charge >= 0.3 is 0 Å². The quantitative estimate of drug-likeness (QED) is 0.808. The maximum atomic E-state index is 12.4. The van der Waals surface area contributed by atoms with Gasteiger partial charge < -0.3 is 9.64 Å². The number of carbonyl (C=O) groups is 1. The van der Waals surface area contributed by atoms with Gasteiger partial charge in [0.1, 0.15) is 6.10 Å². The largest absolute Gasteiger partial charge is 0.369 e. The maximum absolute atomic E-state index is 12.4. The van der Waals surface area contributed by atoms with Crippen LogP contribution >= 0.6 is 0 Å². The van der Waals surface area contributed by atoms with Crippen molar-refractivity contribution in [2.75, 3.05) is 20.2 Å². The summed E-state index contributed by atoms with van der Waals surface area (Å²) in [6, 6.07) is 11.4. The van der Waals surface area contributed by atoms with Gasteiger partial charge in [-0.05, 0) is 39.2 Å². The van der Waals surface area contributed by atoms with Gasteiger partial charge in [-0.15, -0.1) is 0 Å². The van der Waals surface area contributed by atoms with E-state index in [1.54, 1.807) is 0 Å². The highest BCUT2D eigenvalue weighted by Crippen LogP contribution is 2.23. The fourth-order valence-electron chi connectivity index (χ4n) is 3.39. The highest BCUT2D eigenvalue weighted by atomic mass is 16.5. The van der Waals surface area contributed by atoms with Crippen molar-refractivity contribution in [3.05, 3.63) is 35.9 Å². The molecule has 4 heteroatoms. The predicted octanol–water partition coefficient (Wildman–Crippen LogP) is 2.92. The molecule has 0 unspecified atom stereocenters. The molecule has 1 heterocycles. The van der Waals surface area contributed by atoms with Crippen molar-refractivity contribution < 1.29 is 9.53 Å². The molecule has 2 rings (SSSR count). The number of hydrogen-bond donors (Lipinski definition) is 0. The molecule has 1 aliphatic heterocycles. The summed E-state index contributed by atoms with van der Waals surface area (Å²) in [5.41, 5.74) is 1.35. The molecule has 23 heavy (non-hydrogen) atoms. The first-order valence-corrected chi connectivity index (χ1v) is 8.69. The van der Waals surface area contributed by atoms with Crippen LogP contribution in [0.1, 0.15) is 39.2 Å². The van der Waals surface area contributed by atoms with Crippen LogP contribution in [0.3, 0.4) is 0 Å². The SMILES string of the molecule is CCO[C@@H](C)C(=O)N(C)[C@H]1CCN(Cc2ccccc2)[C@@H](C)C1. The van der Waals surface area contributed by atoms with Gasteiger partial charge in [-0.2, -0.15) is 0 Å². The summed E-state index contributed by atoms with van der Waals surface area (Å²) in [6.07, 6.45) is 1.70. The van der Waals surface area contributed by atoms with E-state index in [4.69, 9.17) is 4.74 Å². The monoisotopic (exact) mass is 318 g/mol. The standard InChI is InChI=1S/C19H30N2O2/c1-5-23-16(3)19(22)20(4)18-11-12-21(15(2)13-18)14-17-9-7-6-8-10-17/h6-10,15-16,18H,5,11-14H2,1-4H3/t15-,16-,18-/m0/s1. The van der Waals surface area contributed by atoms with Gasteiger partial charge in [0.25, 0.3) is 5.91 Å². The Morgan fingerprint density at radius 1 is 1.39 bits per heavy atom. The van der Waals surface area contributed by atoms with Crippen molar-refractivity contribution in [2.45, 2.75) is 58.3 Å². The van der Waals surface area contributed by atoms with Gasteiger partial charge in [0, 0.05) is 38.8 Å². The molecule has 0 aromatic heterocycles. The number of piperidine rings is 1. The van der Waals surface area contributed by atoms with Crippen molar-refractivity contribution in [1.82, 2.24) is 9.80 Å². The fraction of sp³-hybridized carbons (Fsp3) is 0.632. The third-order valence-electron chi connectivity index (χ3n) is 4.87. The van der Waals surface area contributed by atoms with E-state index in [2.05, 4.69) is 42.2 Å². The van der Waals surface area contributed by atoms with Crippen molar-refractivity contribution in [2.24, 2.45) is 0 Å². The number of nitrogens with zero attached hydrogens (tertiary/aromatic N) is 2. The Morgan fingerprint density at radius 2 is 2.09 bits per heavy atom. The molecule has 3 atom stereocenters. The Morgan fingerprint density at radius 3 is 2.70 bits per heavy atom. The average Bonchev–Trinajstić information content (AvgIpc) is 2.56. The Kier molecular flexibility index (Phi) is 6.60. The number of likely N-dealkylation sites (N-methyl/N-ethyl adjacent to an activating group) is 1. The molecular weight excluding hydrogens is 288 g/mol. The summed E-state index contributed by atoms with van der Waals surface area (Å²) in [5.74, 6) is 0.0977. The fourth-order valence-corrected chi connectivity index (χ4v) is 3.39. The second-order valence-corrected chi connectivity index (χ2v) is 6.53. The Hall–Kier alpha value is -1.39. The zero-order valence-electron chi connectivity index (χ0n) is 14.9. The van der Waals surface area contributed by atoms with E-state index in [0.717, 1.165) is 25.9 Å². The number of benzene rings is 1. The van der Waals surface area contributed by atoms with E-state index < -0.39 is 0 Å². The summed E-state index contributed by atoms with van der Waals surface area (Å²) in [6.45, 7) is 8.62. The predicted molar refractivity (Wildman–Crippen MR) is 93.2 cm³/mol. The molecule has 0 saturated carbocycles. The van der Waals surface area contributed by atoms with E-state index in [0.29, 0.717) is 18.7 Å². The number of hydrogen-bond acceptors (Lipinski definition) is 3. The van der Waals surface area contributed by atoms with E-state index in [1.807, 2.05) is 25.8 Å². The summed E-state index contributed by atoms with van der Waals surface area (Å²) >= 11 is 0. The molecule has 4 nitrogen and oxygen atoms in total. The molecule has 0 radical (unpaired) electrons. The zero-order chi connectivity index (χ0) is 16.8. The van der Waals surface area contributed by atoms with Crippen LogP contribution < -0.4 is 0 Å². The summed E-state index contributed by atoms with van der Waals surface area (Å²) in [5, 5.41) is 0. The number of carbonyl (C=O) groups excluding carboxylic acids is 1. The van der Waals surface area contributed by atoms with Gasteiger partial charge in [-0.25, -0.2) is 0 Å². The number of likely N-dealkylation sites (tertiary alicyclic amines) is 1. The summed E-state index contributed by atoms with van der Waals surface area (Å²) in [4.78, 5) is 16.8. The highest BCUT2D eigenvalue weighted by molar-refractivity contribution is 5.80. The van der Waals surface area contributed by atoms with Crippen LogP contribution in [0.15, 0.2) is 30.3 Å². The molecule has 1 aromatic carbocycles. The molecule has 0 aliphatic carbocycles. The summed E-state index contributed by atoms with van der Waals surface area (Å²) in [7, 11) is 1.92. The van der Waals surface area contributed by atoms with Gasteiger partial charge in [-0.1, -0.05) is 30.3 Å². The minimum atomic E-state index is -0.345. The first kappa shape index (κ1) is 18.0. The third kappa shape index (κ3) is 4.79. The second kappa shape index (κ2) is 8.46. The number of amides is 1.